The number of benzene rings is 9. The fourth-order valence-electron chi connectivity index (χ4n) is 8.97. The molecule has 50 heavy (non-hydrogen) atoms. The van der Waals surface area contributed by atoms with Gasteiger partial charge < -0.3 is 4.42 Å². The van der Waals surface area contributed by atoms with E-state index in [0.29, 0.717) is 0 Å². The van der Waals surface area contributed by atoms with Gasteiger partial charge >= 0.3 is 0 Å². The van der Waals surface area contributed by atoms with Crippen LogP contribution in [-0.2, 0) is 5.41 Å². The summed E-state index contributed by atoms with van der Waals surface area (Å²) in [6.07, 6.45) is 0. The average Bonchev–Trinajstić information content (AvgIpc) is 3.62. The van der Waals surface area contributed by atoms with Crippen molar-refractivity contribution in [3.05, 3.63) is 169 Å². The Hall–Kier alpha value is -6.18. The quantitative estimate of drug-likeness (QED) is 0.172. The van der Waals surface area contributed by atoms with Crippen LogP contribution in [0.4, 0.5) is 0 Å². The first-order chi connectivity index (χ1) is 24.5. The third kappa shape index (κ3) is 3.78. The molecule has 0 unspecified atom stereocenters. The highest BCUT2D eigenvalue weighted by atomic mass is 16.3. The Labute approximate surface area is 290 Å². The Kier molecular flexibility index (Phi) is 5.51. The summed E-state index contributed by atoms with van der Waals surface area (Å²) >= 11 is 0. The lowest BCUT2D eigenvalue weighted by Crippen LogP contribution is -2.14. The highest BCUT2D eigenvalue weighted by molar-refractivity contribution is 6.22. The fraction of sp³-hybridized carbons (Fsp3) is 0.0612. The molecular weight excluding hydrogens is 605 g/mol. The molecule has 9 aromatic carbocycles. The summed E-state index contributed by atoms with van der Waals surface area (Å²) in [5.74, 6) is 0. The lowest BCUT2D eigenvalue weighted by atomic mass is 9.81. The van der Waals surface area contributed by atoms with Crippen LogP contribution in [0.25, 0.3) is 98.4 Å². The van der Waals surface area contributed by atoms with Crippen LogP contribution in [0.15, 0.2) is 162 Å². The molecule has 0 atom stereocenters. The number of rotatable bonds is 2. The van der Waals surface area contributed by atoms with Gasteiger partial charge in [-0.1, -0.05) is 129 Å². The molecule has 1 aliphatic rings. The minimum Gasteiger partial charge on any atom is -0.456 e. The summed E-state index contributed by atoms with van der Waals surface area (Å²) in [7, 11) is 0. The molecule has 0 aliphatic heterocycles. The van der Waals surface area contributed by atoms with E-state index in [4.69, 9.17) is 4.42 Å². The highest BCUT2D eigenvalue weighted by Crippen LogP contribution is 2.52. The van der Waals surface area contributed by atoms with Gasteiger partial charge in [0, 0.05) is 16.2 Å². The van der Waals surface area contributed by atoms with Crippen LogP contribution in [0.2, 0.25) is 0 Å². The Morgan fingerprint density at radius 1 is 0.360 bits per heavy atom. The van der Waals surface area contributed by atoms with E-state index >= 15 is 0 Å². The Morgan fingerprint density at radius 3 is 1.64 bits per heavy atom. The second kappa shape index (κ2) is 9.94. The van der Waals surface area contributed by atoms with Crippen molar-refractivity contribution in [2.24, 2.45) is 0 Å². The van der Waals surface area contributed by atoms with E-state index in [2.05, 4.69) is 166 Å². The summed E-state index contributed by atoms with van der Waals surface area (Å²) in [5, 5.41) is 12.4. The minimum atomic E-state index is -0.116. The van der Waals surface area contributed by atoms with E-state index < -0.39 is 0 Å². The van der Waals surface area contributed by atoms with Crippen molar-refractivity contribution in [2.75, 3.05) is 0 Å². The summed E-state index contributed by atoms with van der Waals surface area (Å²) in [6, 6.07) is 58.4. The largest absolute Gasteiger partial charge is 0.456 e. The zero-order valence-corrected chi connectivity index (χ0v) is 27.9. The number of hydrogen-bond acceptors (Lipinski definition) is 1. The van der Waals surface area contributed by atoms with Gasteiger partial charge in [-0.2, -0.15) is 0 Å². The molecule has 1 nitrogen and oxygen atoms in total. The average molecular weight is 637 g/mol. The van der Waals surface area contributed by atoms with E-state index in [1.807, 2.05) is 6.07 Å². The van der Waals surface area contributed by atoms with Crippen LogP contribution in [0.5, 0.6) is 0 Å². The van der Waals surface area contributed by atoms with Gasteiger partial charge in [-0.25, -0.2) is 0 Å². The van der Waals surface area contributed by atoms with Gasteiger partial charge in [0.05, 0.1) is 0 Å². The highest BCUT2D eigenvalue weighted by Gasteiger charge is 2.36. The molecule has 11 rings (SSSR count). The van der Waals surface area contributed by atoms with E-state index in [1.165, 1.54) is 98.4 Å². The topological polar surface area (TPSA) is 13.1 Å². The number of para-hydroxylation sites is 1. The Bertz CT molecular complexity index is 3010. The molecule has 0 amide bonds. The van der Waals surface area contributed by atoms with Crippen molar-refractivity contribution in [1.29, 1.82) is 0 Å². The monoisotopic (exact) mass is 636 g/mol. The zero-order chi connectivity index (χ0) is 33.1. The third-order valence-electron chi connectivity index (χ3n) is 11.4. The molecule has 1 heteroatoms. The van der Waals surface area contributed by atoms with Gasteiger partial charge in [0.15, 0.2) is 0 Å². The molecule has 1 aliphatic carbocycles. The van der Waals surface area contributed by atoms with Crippen molar-refractivity contribution in [1.82, 2.24) is 0 Å². The van der Waals surface area contributed by atoms with Crippen molar-refractivity contribution in [3.63, 3.8) is 0 Å². The molecule has 1 heterocycles. The maximum Gasteiger partial charge on any atom is 0.136 e. The molecule has 0 spiro atoms. The lowest BCUT2D eigenvalue weighted by molar-refractivity contribution is 0.661. The first kappa shape index (κ1) is 27.7. The molecule has 10 aromatic rings. The van der Waals surface area contributed by atoms with Gasteiger partial charge in [0.1, 0.15) is 11.2 Å². The van der Waals surface area contributed by atoms with Crippen LogP contribution in [-0.4, -0.2) is 0 Å². The molecule has 0 fully saturated rings. The first-order valence-corrected chi connectivity index (χ1v) is 17.5. The second-order valence-corrected chi connectivity index (χ2v) is 14.5. The van der Waals surface area contributed by atoms with Crippen LogP contribution in [0.1, 0.15) is 25.0 Å². The summed E-state index contributed by atoms with van der Waals surface area (Å²) in [5.41, 5.74) is 12.2. The number of fused-ring (bicyclic) bond motifs is 10. The molecular formula is C49H32O. The van der Waals surface area contributed by atoms with Gasteiger partial charge in [-0.3, -0.25) is 0 Å². The van der Waals surface area contributed by atoms with Crippen molar-refractivity contribution in [2.45, 2.75) is 19.3 Å². The predicted molar refractivity (Wildman–Crippen MR) is 212 cm³/mol. The van der Waals surface area contributed by atoms with Crippen LogP contribution >= 0.6 is 0 Å². The lowest BCUT2D eigenvalue weighted by Gasteiger charge is -2.22. The molecule has 0 saturated heterocycles. The molecule has 0 radical (unpaired) electrons. The zero-order valence-electron chi connectivity index (χ0n) is 27.9. The van der Waals surface area contributed by atoms with Crippen molar-refractivity contribution >= 4 is 65.0 Å². The first-order valence-electron chi connectivity index (χ1n) is 17.5. The Balaban J connectivity index is 1.15. The molecule has 0 saturated carbocycles. The number of hydrogen-bond donors (Lipinski definition) is 0. The maximum atomic E-state index is 6.31. The van der Waals surface area contributed by atoms with E-state index in [1.54, 1.807) is 0 Å². The van der Waals surface area contributed by atoms with Gasteiger partial charge in [0.25, 0.3) is 0 Å². The molecule has 234 valence electrons. The van der Waals surface area contributed by atoms with Gasteiger partial charge in [-0.15, -0.1) is 0 Å². The predicted octanol–water partition coefficient (Wildman–Crippen LogP) is 13.8. The van der Waals surface area contributed by atoms with Gasteiger partial charge in [-0.05, 0) is 130 Å². The smallest absolute Gasteiger partial charge is 0.136 e. The summed E-state index contributed by atoms with van der Waals surface area (Å²) in [4.78, 5) is 0. The molecule has 0 bridgehead atoms. The Morgan fingerprint density at radius 2 is 0.920 bits per heavy atom. The second-order valence-electron chi connectivity index (χ2n) is 14.5. The van der Waals surface area contributed by atoms with Crippen LogP contribution < -0.4 is 0 Å². The molecule has 0 N–H and O–H groups in total. The van der Waals surface area contributed by atoms with Crippen LogP contribution in [0, 0.1) is 0 Å². The van der Waals surface area contributed by atoms with Gasteiger partial charge in [0.2, 0.25) is 0 Å². The van der Waals surface area contributed by atoms with Crippen molar-refractivity contribution in [3.8, 4) is 33.4 Å². The normalized spacial score (nSPS) is 13.6. The SMILES string of the molecule is CC1(C)c2ccc(-c3c4ccccc4c(-c4ccc5ccccc5c4)c4ccccc34)cc2-c2cc3cc4oc5ccccc5c4cc3cc21. The van der Waals surface area contributed by atoms with Crippen molar-refractivity contribution < 1.29 is 4.42 Å². The van der Waals surface area contributed by atoms with E-state index in [0.717, 1.165) is 11.2 Å². The third-order valence-corrected chi connectivity index (χ3v) is 11.4. The minimum absolute atomic E-state index is 0.116. The fourth-order valence-corrected chi connectivity index (χ4v) is 8.97. The van der Waals surface area contributed by atoms with E-state index in [-0.39, 0.29) is 5.41 Å². The molecule has 1 aromatic heterocycles. The maximum absolute atomic E-state index is 6.31. The number of furan rings is 1. The van der Waals surface area contributed by atoms with E-state index in [9.17, 15) is 0 Å². The summed E-state index contributed by atoms with van der Waals surface area (Å²) < 4.78 is 6.31. The summed E-state index contributed by atoms with van der Waals surface area (Å²) in [6.45, 7) is 4.75. The standard InChI is InChI=1S/C49H32O/c1-49(2)43-22-21-32(24-40(43)41-25-34-28-46-42(26-33(34)27-44(41)49)35-13-9-10-18-45(35)50-46)48-38-16-7-5-14-36(38)47(37-15-6-8-17-39(37)48)31-20-19-29-11-3-4-12-30(29)23-31/h3-28H,1-2H3. The van der Waals surface area contributed by atoms with Crippen LogP contribution in [0.3, 0.4) is 0 Å².